The summed E-state index contributed by atoms with van der Waals surface area (Å²) in [5.41, 5.74) is 1.57. The van der Waals surface area contributed by atoms with Gasteiger partial charge in [0.15, 0.2) is 0 Å². The van der Waals surface area contributed by atoms with Gasteiger partial charge in [0.1, 0.15) is 0 Å². The molecule has 1 rings (SSSR count). The van der Waals surface area contributed by atoms with Crippen molar-refractivity contribution >= 4 is 21.8 Å². The lowest BCUT2D eigenvalue weighted by atomic mass is 10.0. The molecule has 0 heterocycles. The van der Waals surface area contributed by atoms with Crippen LogP contribution in [0.15, 0.2) is 22.7 Å². The van der Waals surface area contributed by atoms with E-state index in [4.69, 9.17) is 0 Å². The third-order valence-corrected chi connectivity index (χ3v) is 3.36. The molecule has 4 heteroatoms. The number of hydrogen-bond acceptors (Lipinski definition) is 2. The van der Waals surface area contributed by atoms with Crippen LogP contribution in [0, 0.1) is 0 Å². The number of amides is 1. The number of nitrogens with zero attached hydrogens (tertiary/aromatic N) is 1. The Balaban J connectivity index is 3.10. The van der Waals surface area contributed by atoms with E-state index >= 15 is 0 Å². The van der Waals surface area contributed by atoms with E-state index in [0.717, 1.165) is 10.0 Å². The monoisotopic (exact) mass is 313 g/mol. The van der Waals surface area contributed by atoms with Gasteiger partial charge < -0.3 is 10.0 Å². The second-order valence-corrected chi connectivity index (χ2v) is 5.25. The standard InChI is InChI=1S/C14H20BrNO2/c1-4-16(5-2)14(18)13-7-6-12(15)9-11(13)8-10(3)17/h6-7,9-10,17H,4-5,8H2,1-3H3/t10-/m1/s1. The van der Waals surface area contributed by atoms with Crippen LogP contribution in [0.25, 0.3) is 0 Å². The van der Waals surface area contributed by atoms with E-state index < -0.39 is 6.10 Å². The fourth-order valence-corrected chi connectivity index (χ4v) is 2.35. The average Bonchev–Trinajstić information content (AvgIpc) is 2.29. The lowest BCUT2D eigenvalue weighted by Gasteiger charge is -2.21. The summed E-state index contributed by atoms with van der Waals surface area (Å²) in [5, 5.41) is 9.52. The third kappa shape index (κ3) is 3.82. The molecule has 1 aromatic carbocycles. The largest absolute Gasteiger partial charge is 0.393 e. The highest BCUT2D eigenvalue weighted by molar-refractivity contribution is 9.10. The van der Waals surface area contributed by atoms with Gasteiger partial charge in [0.25, 0.3) is 5.91 Å². The van der Waals surface area contributed by atoms with E-state index in [-0.39, 0.29) is 5.91 Å². The minimum absolute atomic E-state index is 0.0307. The SMILES string of the molecule is CCN(CC)C(=O)c1ccc(Br)cc1C[C@@H](C)O. The summed E-state index contributed by atoms with van der Waals surface area (Å²) in [7, 11) is 0. The van der Waals surface area contributed by atoms with Crippen molar-refractivity contribution < 1.29 is 9.90 Å². The molecule has 1 N–H and O–H groups in total. The zero-order valence-corrected chi connectivity index (χ0v) is 12.7. The Kier molecular flexibility index (Phi) is 5.82. The number of carbonyl (C=O) groups is 1. The normalized spacial score (nSPS) is 12.3. The van der Waals surface area contributed by atoms with Gasteiger partial charge in [-0.15, -0.1) is 0 Å². The third-order valence-electron chi connectivity index (χ3n) is 2.86. The highest BCUT2D eigenvalue weighted by Crippen LogP contribution is 2.20. The maximum Gasteiger partial charge on any atom is 0.254 e. The second kappa shape index (κ2) is 6.90. The molecule has 0 saturated heterocycles. The van der Waals surface area contributed by atoms with Crippen LogP contribution in [0.5, 0.6) is 0 Å². The maximum atomic E-state index is 12.3. The van der Waals surface area contributed by atoms with Crippen molar-refractivity contribution in [2.24, 2.45) is 0 Å². The summed E-state index contributed by atoms with van der Waals surface area (Å²) in [6.07, 6.45) is 0.0319. The van der Waals surface area contributed by atoms with E-state index in [1.807, 2.05) is 32.0 Å². The van der Waals surface area contributed by atoms with Gasteiger partial charge in [-0.2, -0.15) is 0 Å². The molecule has 1 atom stereocenters. The fourth-order valence-electron chi connectivity index (χ4n) is 1.94. The van der Waals surface area contributed by atoms with Crippen LogP contribution in [0.3, 0.4) is 0 Å². The van der Waals surface area contributed by atoms with E-state index in [1.54, 1.807) is 11.8 Å². The molecule has 0 aliphatic heterocycles. The van der Waals surface area contributed by atoms with Gasteiger partial charge in [-0.3, -0.25) is 4.79 Å². The van der Waals surface area contributed by atoms with Gasteiger partial charge >= 0.3 is 0 Å². The minimum atomic E-state index is -0.456. The zero-order valence-electron chi connectivity index (χ0n) is 11.1. The quantitative estimate of drug-likeness (QED) is 0.908. The molecule has 0 aliphatic rings. The summed E-state index contributed by atoms with van der Waals surface area (Å²) in [6, 6.07) is 5.59. The first-order chi connectivity index (χ1) is 8.49. The first-order valence-corrected chi connectivity index (χ1v) is 7.04. The van der Waals surface area contributed by atoms with Crippen LogP contribution in [-0.2, 0) is 6.42 Å². The molecule has 0 aliphatic carbocycles. The molecule has 0 fully saturated rings. The zero-order chi connectivity index (χ0) is 13.7. The van der Waals surface area contributed by atoms with Gasteiger partial charge in [-0.25, -0.2) is 0 Å². The van der Waals surface area contributed by atoms with Crippen molar-refractivity contribution in [2.45, 2.75) is 33.3 Å². The summed E-state index contributed by atoms with van der Waals surface area (Å²) in [6.45, 7) is 7.05. The van der Waals surface area contributed by atoms with Gasteiger partial charge in [0, 0.05) is 23.1 Å². The first kappa shape index (κ1) is 15.2. The number of hydrogen-bond donors (Lipinski definition) is 1. The Morgan fingerprint density at radius 2 is 2.00 bits per heavy atom. The van der Waals surface area contributed by atoms with Crippen molar-refractivity contribution in [2.75, 3.05) is 13.1 Å². The topological polar surface area (TPSA) is 40.5 Å². The highest BCUT2D eigenvalue weighted by atomic mass is 79.9. The predicted molar refractivity (Wildman–Crippen MR) is 76.8 cm³/mol. The van der Waals surface area contributed by atoms with Crippen LogP contribution in [0.4, 0.5) is 0 Å². The summed E-state index contributed by atoms with van der Waals surface area (Å²) in [4.78, 5) is 14.1. The maximum absolute atomic E-state index is 12.3. The molecule has 0 bridgehead atoms. The molecule has 0 radical (unpaired) electrons. The summed E-state index contributed by atoms with van der Waals surface area (Å²) in [5.74, 6) is 0.0307. The lowest BCUT2D eigenvalue weighted by molar-refractivity contribution is 0.0771. The molecular weight excluding hydrogens is 294 g/mol. The second-order valence-electron chi connectivity index (χ2n) is 4.33. The lowest BCUT2D eigenvalue weighted by Crippen LogP contribution is -2.31. The van der Waals surface area contributed by atoms with Crippen LogP contribution in [-0.4, -0.2) is 35.1 Å². The number of carbonyl (C=O) groups excluding carboxylic acids is 1. The Morgan fingerprint density at radius 1 is 1.39 bits per heavy atom. The van der Waals surface area contributed by atoms with Crippen LogP contribution in [0.2, 0.25) is 0 Å². The average molecular weight is 314 g/mol. The van der Waals surface area contributed by atoms with E-state index in [2.05, 4.69) is 15.9 Å². The smallest absolute Gasteiger partial charge is 0.254 e. The van der Waals surface area contributed by atoms with Crippen LogP contribution in [0.1, 0.15) is 36.7 Å². The molecule has 100 valence electrons. The summed E-state index contributed by atoms with van der Waals surface area (Å²) >= 11 is 3.40. The molecule has 0 spiro atoms. The molecule has 1 amide bonds. The van der Waals surface area contributed by atoms with E-state index in [0.29, 0.717) is 25.1 Å². The molecular formula is C14H20BrNO2. The van der Waals surface area contributed by atoms with E-state index in [9.17, 15) is 9.90 Å². The Labute approximate surface area is 117 Å². The summed E-state index contributed by atoms with van der Waals surface area (Å²) < 4.78 is 0.925. The molecule has 1 aromatic rings. The molecule has 0 unspecified atom stereocenters. The number of halogens is 1. The van der Waals surface area contributed by atoms with E-state index in [1.165, 1.54) is 0 Å². The van der Waals surface area contributed by atoms with Crippen molar-refractivity contribution in [1.29, 1.82) is 0 Å². The Morgan fingerprint density at radius 3 is 2.50 bits per heavy atom. The Bertz CT molecular complexity index is 414. The van der Waals surface area contributed by atoms with Crippen molar-refractivity contribution in [3.63, 3.8) is 0 Å². The number of aliphatic hydroxyl groups excluding tert-OH is 1. The van der Waals surface area contributed by atoms with Crippen LogP contribution < -0.4 is 0 Å². The van der Waals surface area contributed by atoms with Crippen LogP contribution >= 0.6 is 15.9 Å². The number of aliphatic hydroxyl groups is 1. The Hall–Kier alpha value is -0.870. The van der Waals surface area contributed by atoms with Gasteiger partial charge in [0.2, 0.25) is 0 Å². The van der Waals surface area contributed by atoms with Gasteiger partial charge in [-0.05, 0) is 51.0 Å². The van der Waals surface area contributed by atoms with Gasteiger partial charge in [0.05, 0.1) is 6.10 Å². The van der Waals surface area contributed by atoms with Crippen molar-refractivity contribution in [3.05, 3.63) is 33.8 Å². The fraction of sp³-hybridized carbons (Fsp3) is 0.500. The minimum Gasteiger partial charge on any atom is -0.393 e. The molecule has 18 heavy (non-hydrogen) atoms. The van der Waals surface area contributed by atoms with Gasteiger partial charge in [-0.1, -0.05) is 15.9 Å². The molecule has 3 nitrogen and oxygen atoms in total. The molecule has 0 saturated carbocycles. The predicted octanol–water partition coefficient (Wildman–Crippen LogP) is 2.85. The van der Waals surface area contributed by atoms with Crippen molar-refractivity contribution in [1.82, 2.24) is 4.90 Å². The number of benzene rings is 1. The highest BCUT2D eigenvalue weighted by Gasteiger charge is 2.17. The first-order valence-electron chi connectivity index (χ1n) is 6.25. The van der Waals surface area contributed by atoms with Crippen molar-refractivity contribution in [3.8, 4) is 0 Å². The number of rotatable bonds is 5. The molecule has 0 aromatic heterocycles.